The summed E-state index contributed by atoms with van der Waals surface area (Å²) in [4.78, 5) is 53.3. The minimum atomic E-state index is -1.58. The van der Waals surface area contributed by atoms with E-state index in [1.807, 2.05) is 51.1 Å². The number of alkyl carbamates (subject to hydrolysis) is 1. The normalized spacial score (nSPS) is 22.0. The van der Waals surface area contributed by atoms with E-state index in [2.05, 4.69) is 34.1 Å². The maximum Gasteiger partial charge on any atom is 0.408 e. The van der Waals surface area contributed by atoms with Gasteiger partial charge in [-0.05, 0) is 67.9 Å². The van der Waals surface area contributed by atoms with Gasteiger partial charge in [-0.3, -0.25) is 19.1 Å². The van der Waals surface area contributed by atoms with Crippen LogP contribution < -0.4 is 15.4 Å². The lowest BCUT2D eigenvalue weighted by Crippen LogP contribution is -2.60. The first-order valence-corrected chi connectivity index (χ1v) is 17.0. The number of nitrogens with zero attached hydrogens (tertiary/aromatic N) is 1. The van der Waals surface area contributed by atoms with Crippen LogP contribution >= 0.6 is 0 Å². The molecule has 2 fully saturated rings. The molecule has 4 rings (SSSR count). The Bertz CT molecular complexity index is 1480. The molecule has 2 aromatic rings. The highest BCUT2D eigenvalue weighted by molar-refractivity contribution is 7.82. The average Bonchev–Trinajstić information content (AvgIpc) is 3.45. The van der Waals surface area contributed by atoms with Crippen molar-refractivity contribution in [3.05, 3.63) is 60.7 Å². The lowest BCUT2D eigenvalue weighted by Gasteiger charge is -2.36. The summed E-state index contributed by atoms with van der Waals surface area (Å²) in [6, 6.07) is 12.4. The second kappa shape index (κ2) is 14.8. The van der Waals surface area contributed by atoms with Crippen LogP contribution in [0, 0.1) is 11.3 Å². The molecule has 11 nitrogen and oxygen atoms in total. The van der Waals surface area contributed by atoms with Crippen molar-refractivity contribution < 1.29 is 33.2 Å². The molecule has 1 aliphatic carbocycles. The molecular formula is C34H48N4O7S. The van der Waals surface area contributed by atoms with Crippen LogP contribution in [0.4, 0.5) is 4.79 Å². The van der Waals surface area contributed by atoms with Gasteiger partial charge >= 0.3 is 6.09 Å². The van der Waals surface area contributed by atoms with Crippen LogP contribution in [-0.4, -0.2) is 74.1 Å². The third-order valence-corrected chi connectivity index (χ3v) is 8.37. The second-order valence-corrected chi connectivity index (χ2v) is 15.0. The van der Waals surface area contributed by atoms with Gasteiger partial charge in [0, 0.05) is 18.7 Å². The smallest absolute Gasteiger partial charge is 0.408 e. The summed E-state index contributed by atoms with van der Waals surface area (Å²) in [6.45, 7) is 14.8. The van der Waals surface area contributed by atoms with Gasteiger partial charge in [0.2, 0.25) is 11.8 Å². The van der Waals surface area contributed by atoms with E-state index in [-0.39, 0.29) is 18.4 Å². The van der Waals surface area contributed by atoms with Crippen molar-refractivity contribution in [2.24, 2.45) is 11.3 Å². The van der Waals surface area contributed by atoms with Gasteiger partial charge in [-0.1, -0.05) is 63.2 Å². The van der Waals surface area contributed by atoms with Gasteiger partial charge < -0.3 is 25.4 Å². The van der Waals surface area contributed by atoms with Crippen LogP contribution in [0.15, 0.2) is 55.1 Å². The molecule has 46 heavy (non-hydrogen) atoms. The van der Waals surface area contributed by atoms with E-state index >= 15 is 0 Å². The highest BCUT2D eigenvalue weighted by atomic mass is 32.2. The minimum absolute atomic E-state index is 0.116. The van der Waals surface area contributed by atoms with Gasteiger partial charge in [-0.25, -0.2) is 9.00 Å². The lowest BCUT2D eigenvalue weighted by molar-refractivity contribution is -0.142. The first-order valence-electron chi connectivity index (χ1n) is 15.4. The van der Waals surface area contributed by atoms with Gasteiger partial charge in [-0.15, -0.1) is 6.58 Å². The Morgan fingerprint density at radius 1 is 1.11 bits per heavy atom. The van der Waals surface area contributed by atoms with Crippen molar-refractivity contribution in [2.45, 2.75) is 90.6 Å². The molecule has 2 aliphatic rings. The molecule has 0 aromatic heterocycles. The van der Waals surface area contributed by atoms with Gasteiger partial charge in [0.1, 0.15) is 34.2 Å². The highest BCUT2D eigenvalue weighted by Gasteiger charge is 2.60. The quantitative estimate of drug-likeness (QED) is 0.316. The zero-order chi connectivity index (χ0) is 34.4. The summed E-state index contributed by atoms with van der Waals surface area (Å²) < 4.78 is 19.2. The van der Waals surface area contributed by atoms with Crippen molar-refractivity contribution in [1.29, 1.82) is 0 Å². The number of ether oxygens (including phenoxy) is 1. The summed E-state index contributed by atoms with van der Waals surface area (Å²) in [6.07, 6.45) is 3.58. The van der Waals surface area contributed by atoms with Crippen LogP contribution in [0.2, 0.25) is 0 Å². The van der Waals surface area contributed by atoms with Crippen LogP contribution in [0.1, 0.15) is 66.4 Å². The molecule has 0 radical (unpaired) electrons. The molecule has 0 spiro atoms. The molecule has 1 aliphatic heterocycles. The van der Waals surface area contributed by atoms with E-state index in [1.54, 1.807) is 26.8 Å². The summed E-state index contributed by atoms with van der Waals surface area (Å²) in [5.41, 5.74) is -1.63. The monoisotopic (exact) mass is 656 g/mol. The van der Waals surface area contributed by atoms with Crippen LogP contribution in [0.5, 0.6) is 0 Å². The fourth-order valence-electron chi connectivity index (χ4n) is 5.44. The largest absolute Gasteiger partial charge is 0.444 e. The Labute approximate surface area is 274 Å². The topological polar surface area (TPSA) is 154 Å². The predicted molar refractivity (Wildman–Crippen MR) is 179 cm³/mol. The molecule has 4 N–H and O–H groups in total. The van der Waals surface area contributed by atoms with E-state index in [1.165, 1.54) is 21.9 Å². The molecule has 4 unspecified atom stereocenters. The number of hydrogen-bond donors (Lipinski definition) is 4. The Balaban J connectivity index is 0.000000396. The van der Waals surface area contributed by atoms with Crippen molar-refractivity contribution in [2.75, 3.05) is 12.8 Å². The van der Waals surface area contributed by atoms with E-state index in [9.17, 15) is 23.4 Å². The van der Waals surface area contributed by atoms with E-state index in [0.29, 0.717) is 25.8 Å². The van der Waals surface area contributed by atoms with Crippen LogP contribution in [0.25, 0.3) is 10.8 Å². The number of amides is 4. The number of carbonyl (C=O) groups is 4. The molecule has 5 atom stereocenters. The number of aliphatic hydroxyl groups excluding tert-OH is 1. The predicted octanol–water partition coefficient (Wildman–Crippen LogP) is 3.72. The van der Waals surface area contributed by atoms with Crippen LogP contribution in [-0.2, 0) is 36.7 Å². The first kappa shape index (κ1) is 36.7. The van der Waals surface area contributed by atoms with Gasteiger partial charge in [-0.2, -0.15) is 0 Å². The Morgan fingerprint density at radius 3 is 2.30 bits per heavy atom. The molecule has 2 aromatic carbocycles. The fourth-order valence-corrected chi connectivity index (χ4v) is 5.88. The van der Waals surface area contributed by atoms with Gasteiger partial charge in [0.15, 0.2) is 0 Å². The molecule has 1 saturated carbocycles. The zero-order valence-electron chi connectivity index (χ0n) is 27.8. The summed E-state index contributed by atoms with van der Waals surface area (Å²) in [5, 5.41) is 16.8. The molecule has 12 heteroatoms. The molecule has 1 saturated heterocycles. The third kappa shape index (κ3) is 9.38. The van der Waals surface area contributed by atoms with E-state index in [4.69, 9.17) is 9.84 Å². The van der Waals surface area contributed by atoms with Crippen molar-refractivity contribution in [1.82, 2.24) is 20.3 Å². The highest BCUT2D eigenvalue weighted by Crippen LogP contribution is 2.45. The van der Waals surface area contributed by atoms with Crippen molar-refractivity contribution in [3.8, 4) is 0 Å². The number of carbonyl (C=O) groups excluding carboxylic acids is 4. The number of fused-ring (bicyclic) bond motifs is 1. The summed E-state index contributed by atoms with van der Waals surface area (Å²) >= 11 is 0. The van der Waals surface area contributed by atoms with E-state index in [0.717, 1.165) is 5.56 Å². The van der Waals surface area contributed by atoms with Gasteiger partial charge in [0.05, 0.1) is 6.61 Å². The van der Waals surface area contributed by atoms with E-state index < -0.39 is 57.5 Å². The maximum atomic E-state index is 13.5. The standard InChI is InChI=1S/C23H38N4O6S.C11H10O/c1-9-14-13-23(14,19(30)26-34(8)32)25-17(28)15-11-10-12-27(15)18(29)16(21(2,3)4)24-20(31)33-22(5,6)7;12-8-9-5-6-10-3-1-2-4-11(10)7-9/h9,14-16H,1,10-13H2,2-8H3,(H,24,31)(H,25,28)(H,26,30);1-7,12H,8H2/t14?,15?,16-,23?,34?;/m1./s1. The van der Waals surface area contributed by atoms with Crippen molar-refractivity contribution in [3.63, 3.8) is 0 Å². The second-order valence-electron chi connectivity index (χ2n) is 13.9. The Hall–Kier alpha value is -3.77. The molecule has 4 amide bonds. The number of rotatable bonds is 8. The first-order chi connectivity index (χ1) is 21.4. The lowest BCUT2D eigenvalue weighted by atomic mass is 9.85. The number of nitrogens with one attached hydrogen (secondary N) is 3. The molecule has 1 heterocycles. The Kier molecular flexibility index (Phi) is 11.8. The minimum Gasteiger partial charge on any atom is -0.444 e. The Morgan fingerprint density at radius 2 is 1.76 bits per heavy atom. The number of hydrogen-bond acceptors (Lipinski definition) is 7. The number of aliphatic hydroxyl groups is 1. The summed E-state index contributed by atoms with van der Waals surface area (Å²) in [5.74, 6) is -1.68. The molecule has 0 bridgehead atoms. The number of likely N-dealkylation sites (tertiary alicyclic amines) is 1. The van der Waals surface area contributed by atoms with Crippen LogP contribution in [0.3, 0.4) is 0 Å². The number of benzene rings is 2. The fraction of sp³-hybridized carbons (Fsp3) is 0.529. The average molecular weight is 657 g/mol. The SMILES string of the molecule is C=CC1CC1(NC(=O)C1CCCN1C(=O)[C@@H](NC(=O)OC(C)(C)C)C(C)(C)C)C(=O)NS(C)=O.OCc1ccc2ccccc2c1. The van der Waals surface area contributed by atoms with Gasteiger partial charge in [0.25, 0.3) is 5.91 Å². The summed E-state index contributed by atoms with van der Waals surface area (Å²) in [7, 11) is -1.58. The molecule has 252 valence electrons. The third-order valence-electron chi connectivity index (χ3n) is 7.90. The molecular weight excluding hydrogens is 608 g/mol. The zero-order valence-corrected chi connectivity index (χ0v) is 28.7. The van der Waals surface area contributed by atoms with Crippen molar-refractivity contribution >= 4 is 45.6 Å². The maximum absolute atomic E-state index is 13.5.